The standard InChI is InChI=1S/C30H24NOSi.C23H24N.Ir/c1-33(2,3)23-14-11-20(12-15-23)22-17-18-31-28(19-22)27-10-6-9-25-26-16-13-21-7-4-5-8-24(21)29(26)32-30(25)27;1-17-10-12-20(14-21(17)19-8-6-5-7-9-19)22-13-11-18(16-24-22)15-23(2,3)4;/h4-9,11-19H,1-3H3;5-11,13-14,16H,15H2,1-4H3;/q2*-1;/i;1D3,15D2;. The first-order valence-electron chi connectivity index (χ1n) is 21.8. The molecule has 0 aliphatic carbocycles. The van der Waals surface area contributed by atoms with Gasteiger partial charge in [-0.15, -0.1) is 47.5 Å². The Morgan fingerprint density at radius 1 is 0.690 bits per heavy atom. The van der Waals surface area contributed by atoms with Crippen LogP contribution in [-0.2, 0) is 26.5 Å². The number of benzene rings is 6. The van der Waals surface area contributed by atoms with Gasteiger partial charge in [0.25, 0.3) is 0 Å². The van der Waals surface area contributed by atoms with E-state index in [9.17, 15) is 0 Å². The van der Waals surface area contributed by atoms with E-state index >= 15 is 0 Å². The molecule has 3 aromatic heterocycles. The fraction of sp³-hybridized carbons (Fsp3) is 0.170. The minimum Gasteiger partial charge on any atom is -0.500 e. The molecule has 0 atom stereocenters. The Labute approximate surface area is 364 Å². The molecule has 1 radical (unpaired) electrons. The second kappa shape index (κ2) is 16.8. The van der Waals surface area contributed by atoms with Gasteiger partial charge in [-0.1, -0.05) is 178 Å². The van der Waals surface area contributed by atoms with E-state index in [1.165, 1.54) is 22.2 Å². The van der Waals surface area contributed by atoms with E-state index in [0.29, 0.717) is 22.4 Å². The molecule has 3 nitrogen and oxygen atoms in total. The first-order chi connectivity index (χ1) is 29.4. The average Bonchev–Trinajstić information content (AvgIpc) is 3.66. The van der Waals surface area contributed by atoms with Crippen molar-refractivity contribution in [3.8, 4) is 44.8 Å². The number of hydrogen-bond donors (Lipinski definition) is 0. The van der Waals surface area contributed by atoms with Crippen LogP contribution in [-0.4, -0.2) is 18.0 Å². The molecule has 0 saturated heterocycles. The maximum atomic E-state index is 8.39. The zero-order valence-electron chi connectivity index (χ0n) is 38.6. The summed E-state index contributed by atoms with van der Waals surface area (Å²) in [5, 5.41) is 5.99. The Kier molecular flexibility index (Phi) is 10.0. The molecule has 0 bridgehead atoms. The Bertz CT molecular complexity index is 3040. The fourth-order valence-corrected chi connectivity index (χ4v) is 8.29. The van der Waals surface area contributed by atoms with Crippen molar-refractivity contribution in [2.45, 2.75) is 53.6 Å². The third-order valence-electron chi connectivity index (χ3n) is 10.0. The van der Waals surface area contributed by atoms with Crippen LogP contribution in [0.4, 0.5) is 0 Å². The van der Waals surface area contributed by atoms with Gasteiger partial charge < -0.3 is 14.4 Å². The summed E-state index contributed by atoms with van der Waals surface area (Å²) in [5.41, 5.74) is 8.78. The van der Waals surface area contributed by atoms with Crippen molar-refractivity contribution in [2.75, 3.05) is 0 Å². The predicted molar refractivity (Wildman–Crippen MR) is 244 cm³/mol. The van der Waals surface area contributed by atoms with E-state index in [1.54, 1.807) is 24.4 Å². The van der Waals surface area contributed by atoms with Crippen molar-refractivity contribution in [1.29, 1.82) is 0 Å². The Morgan fingerprint density at radius 3 is 2.17 bits per heavy atom. The first kappa shape index (κ1) is 34.6. The van der Waals surface area contributed by atoms with Crippen molar-refractivity contribution < 1.29 is 31.4 Å². The molecule has 0 aliphatic heterocycles. The van der Waals surface area contributed by atoms with E-state index in [-0.39, 0.29) is 25.7 Å². The molecule has 0 N–H and O–H groups in total. The van der Waals surface area contributed by atoms with Crippen LogP contribution in [0.1, 0.15) is 38.8 Å². The quantitative estimate of drug-likeness (QED) is 0.123. The molecule has 6 aromatic carbocycles. The molecule has 291 valence electrons. The maximum Gasteiger partial charge on any atom is 0.128 e. The van der Waals surface area contributed by atoms with Gasteiger partial charge in [-0.2, -0.15) is 0 Å². The Balaban J connectivity index is 0.000000188. The monoisotopic (exact) mass is 954 g/mol. The summed E-state index contributed by atoms with van der Waals surface area (Å²) in [6.45, 7) is 10.4. The van der Waals surface area contributed by atoms with Crippen molar-refractivity contribution in [3.63, 3.8) is 0 Å². The summed E-state index contributed by atoms with van der Waals surface area (Å²) < 4.78 is 46.8. The van der Waals surface area contributed by atoms with Crippen molar-refractivity contribution in [1.82, 2.24) is 9.97 Å². The molecular weight excluding hydrogens is 901 g/mol. The van der Waals surface area contributed by atoms with Crippen LogP contribution < -0.4 is 5.19 Å². The van der Waals surface area contributed by atoms with Gasteiger partial charge in [0.1, 0.15) is 5.58 Å². The summed E-state index contributed by atoms with van der Waals surface area (Å²) in [6.07, 6.45) is 1.90. The second-order valence-electron chi connectivity index (χ2n) is 16.5. The number of aromatic nitrogens is 2. The molecule has 0 saturated carbocycles. The minimum atomic E-state index is -2.25. The van der Waals surface area contributed by atoms with Crippen molar-refractivity contribution in [2.24, 2.45) is 5.41 Å². The van der Waals surface area contributed by atoms with Gasteiger partial charge in [-0.3, -0.25) is 0 Å². The third kappa shape index (κ3) is 8.83. The van der Waals surface area contributed by atoms with Crippen LogP contribution in [0.5, 0.6) is 0 Å². The van der Waals surface area contributed by atoms with Crippen molar-refractivity contribution >= 4 is 46.0 Å². The molecule has 0 spiro atoms. The largest absolute Gasteiger partial charge is 0.500 e. The Hall–Kier alpha value is -5.45. The zero-order valence-corrected chi connectivity index (χ0v) is 37.0. The van der Waals surface area contributed by atoms with Gasteiger partial charge in [-0.05, 0) is 56.9 Å². The van der Waals surface area contributed by atoms with E-state index in [2.05, 4.69) is 116 Å². The molecular formula is C53H48IrN2OSi-2. The number of aryl methyl sites for hydroxylation is 1. The zero-order chi connectivity index (χ0) is 44.0. The average molecular weight is 954 g/mol. The fourth-order valence-electron chi connectivity index (χ4n) is 7.13. The molecule has 5 heteroatoms. The smallest absolute Gasteiger partial charge is 0.128 e. The van der Waals surface area contributed by atoms with E-state index < -0.39 is 26.7 Å². The summed E-state index contributed by atoms with van der Waals surface area (Å²) in [6, 6.07) is 52.5. The van der Waals surface area contributed by atoms with Gasteiger partial charge in [0.05, 0.1) is 13.7 Å². The number of furan rings is 1. The number of hydrogen-bond acceptors (Lipinski definition) is 3. The molecule has 3 heterocycles. The summed E-state index contributed by atoms with van der Waals surface area (Å²) in [5.74, 6) is 0. The molecule has 0 fully saturated rings. The molecule has 0 unspecified atom stereocenters. The van der Waals surface area contributed by atoms with Gasteiger partial charge in [0.2, 0.25) is 0 Å². The third-order valence-corrected chi connectivity index (χ3v) is 12.1. The number of rotatable bonds is 6. The second-order valence-corrected chi connectivity index (χ2v) is 21.5. The van der Waals surface area contributed by atoms with Gasteiger partial charge in [0.15, 0.2) is 0 Å². The van der Waals surface area contributed by atoms with Crippen LogP contribution in [0.2, 0.25) is 19.6 Å². The molecule has 0 aliphatic rings. The molecule has 58 heavy (non-hydrogen) atoms. The number of nitrogens with zero attached hydrogens (tertiary/aromatic N) is 2. The molecule has 9 rings (SSSR count). The van der Waals surface area contributed by atoms with Crippen molar-refractivity contribution in [3.05, 3.63) is 175 Å². The summed E-state index contributed by atoms with van der Waals surface area (Å²) >= 11 is 0. The van der Waals surface area contributed by atoms with Crippen LogP contribution in [0.15, 0.2) is 156 Å². The molecule has 9 aromatic rings. The van der Waals surface area contributed by atoms with Crippen LogP contribution in [0, 0.1) is 24.4 Å². The number of pyridine rings is 2. The van der Waals surface area contributed by atoms with Crippen LogP contribution in [0.25, 0.3) is 77.5 Å². The SMILES string of the molecule is C[Si](C)(C)c1ccc(-c2ccnc(-c3[c-]ccc4c3oc3c5ccccc5ccc43)c2)cc1.[2H]C([2H])([2H])c1c[c-]c(-c2ccc(C([2H])([2H])C(C)(C)C)cn2)cc1-c1ccccc1.[Ir]. The maximum absolute atomic E-state index is 8.39. The van der Waals surface area contributed by atoms with E-state index in [4.69, 9.17) is 16.3 Å². The van der Waals surface area contributed by atoms with Gasteiger partial charge >= 0.3 is 0 Å². The summed E-state index contributed by atoms with van der Waals surface area (Å²) in [4.78, 5) is 9.13. The number of fused-ring (bicyclic) bond motifs is 5. The predicted octanol–water partition coefficient (Wildman–Crippen LogP) is 13.9. The van der Waals surface area contributed by atoms with Crippen LogP contribution >= 0.6 is 0 Å². The van der Waals surface area contributed by atoms with Gasteiger partial charge in [-0.25, -0.2) is 0 Å². The van der Waals surface area contributed by atoms with Gasteiger partial charge in [0, 0.05) is 50.1 Å². The summed E-state index contributed by atoms with van der Waals surface area (Å²) in [7, 11) is -1.32. The minimum absolute atomic E-state index is 0. The topological polar surface area (TPSA) is 38.9 Å². The first-order valence-corrected chi connectivity index (χ1v) is 22.8. The Morgan fingerprint density at radius 2 is 1.45 bits per heavy atom. The normalized spacial score (nSPS) is 13.4. The van der Waals surface area contributed by atoms with E-state index in [1.807, 2.05) is 63.4 Å². The van der Waals surface area contributed by atoms with E-state index in [0.717, 1.165) is 49.7 Å². The molecule has 0 amide bonds. The van der Waals surface area contributed by atoms with Crippen LogP contribution in [0.3, 0.4) is 0 Å².